The van der Waals surface area contributed by atoms with E-state index >= 15 is 0 Å². The highest BCUT2D eigenvalue weighted by Gasteiger charge is 2.17. The Morgan fingerprint density at radius 2 is 1.73 bits per heavy atom. The van der Waals surface area contributed by atoms with Gasteiger partial charge >= 0.3 is 0 Å². The topological polar surface area (TPSA) is 50.5 Å². The highest BCUT2D eigenvalue weighted by Crippen LogP contribution is 2.34. The van der Waals surface area contributed by atoms with Crippen molar-refractivity contribution >= 4 is 39.8 Å². The Hall–Kier alpha value is -5.66. The first kappa shape index (κ1) is 33.2. The molecule has 0 fully saturated rings. The van der Waals surface area contributed by atoms with Crippen LogP contribution >= 0.6 is 0 Å². The van der Waals surface area contributed by atoms with Crippen LogP contribution in [0.25, 0.3) is 45.2 Å². The summed E-state index contributed by atoms with van der Waals surface area (Å²) in [5, 5.41) is 1.08. The Morgan fingerprint density at radius 1 is 0.959 bits per heavy atom. The molecule has 6 rings (SSSR count). The van der Waals surface area contributed by atoms with Gasteiger partial charge in [-0.2, -0.15) is 0 Å². The first-order valence-corrected chi connectivity index (χ1v) is 17.1. The zero-order valence-corrected chi connectivity index (χ0v) is 28.9. The summed E-state index contributed by atoms with van der Waals surface area (Å²) in [5.74, 6) is 2.58. The molecule has 1 aliphatic heterocycles. The van der Waals surface area contributed by atoms with Crippen molar-refractivity contribution in [2.75, 3.05) is 0 Å². The molecule has 0 N–H and O–H groups in total. The molecular formula is C45H42N4. The minimum absolute atomic E-state index is 0.818. The van der Waals surface area contributed by atoms with Crippen molar-refractivity contribution in [2.45, 2.75) is 59.8 Å². The first-order chi connectivity index (χ1) is 23.9. The van der Waals surface area contributed by atoms with E-state index in [0.29, 0.717) is 0 Å². The van der Waals surface area contributed by atoms with Gasteiger partial charge in [-0.3, -0.25) is 9.98 Å². The van der Waals surface area contributed by atoms with E-state index in [0.717, 1.165) is 111 Å². The van der Waals surface area contributed by atoms with Crippen LogP contribution in [0.5, 0.6) is 0 Å². The number of hydrogen-bond acceptors (Lipinski definition) is 4. The van der Waals surface area contributed by atoms with Crippen LogP contribution in [0, 0.1) is 19.3 Å². The van der Waals surface area contributed by atoms with Gasteiger partial charge in [0.1, 0.15) is 0 Å². The van der Waals surface area contributed by atoms with Crippen LogP contribution in [0.4, 0.5) is 5.69 Å². The fourth-order valence-electron chi connectivity index (χ4n) is 6.36. The molecular weight excluding hydrogens is 597 g/mol. The van der Waals surface area contributed by atoms with Crippen molar-refractivity contribution in [3.05, 3.63) is 137 Å². The summed E-state index contributed by atoms with van der Waals surface area (Å²) >= 11 is 0. The number of nitrogens with zero attached hydrogens (tertiary/aromatic N) is 4. The SMILES string of the molecule is C#C/C=C\C(=C/C)C1=NC(c2nc(-c3cccc(-c4ccc5ccc(C)c(/N=C(\CC)C6=CC=C(C)CC6)c5n4)c3)ccc2C=C)=CCC1. The number of terminal acetylenes is 1. The summed E-state index contributed by atoms with van der Waals surface area (Å²) < 4.78 is 0. The lowest BCUT2D eigenvalue weighted by molar-refractivity contribution is 0.931. The molecule has 0 saturated heterocycles. The number of pyridine rings is 2. The predicted molar refractivity (Wildman–Crippen MR) is 210 cm³/mol. The zero-order chi connectivity index (χ0) is 34.3. The number of aryl methyl sites for hydroxylation is 1. The van der Waals surface area contributed by atoms with Crippen LogP contribution in [-0.4, -0.2) is 21.4 Å². The maximum absolute atomic E-state index is 5.48. The summed E-state index contributed by atoms with van der Waals surface area (Å²) in [6.45, 7) is 12.6. The molecule has 0 spiro atoms. The fraction of sp³-hybridized carbons (Fsp3) is 0.200. The van der Waals surface area contributed by atoms with E-state index in [4.69, 9.17) is 26.4 Å². The van der Waals surface area contributed by atoms with Gasteiger partial charge in [-0.1, -0.05) is 97.8 Å². The summed E-state index contributed by atoms with van der Waals surface area (Å²) in [6.07, 6.45) is 24.4. The molecule has 0 radical (unpaired) electrons. The summed E-state index contributed by atoms with van der Waals surface area (Å²) in [4.78, 5) is 20.7. The summed E-state index contributed by atoms with van der Waals surface area (Å²) in [6, 6.07) is 21.1. The van der Waals surface area contributed by atoms with Crippen LogP contribution in [0.15, 0.2) is 130 Å². The Balaban J connectivity index is 1.38. The van der Waals surface area contributed by atoms with Crippen LogP contribution in [0.1, 0.15) is 69.7 Å². The average molecular weight is 639 g/mol. The number of aromatic nitrogens is 2. The van der Waals surface area contributed by atoms with Crippen molar-refractivity contribution in [3.8, 4) is 34.9 Å². The molecule has 242 valence electrons. The summed E-state index contributed by atoms with van der Waals surface area (Å²) in [5.41, 5.74) is 15.3. The third kappa shape index (κ3) is 7.27. The van der Waals surface area contributed by atoms with E-state index in [1.807, 2.05) is 31.2 Å². The molecule has 4 nitrogen and oxygen atoms in total. The molecule has 0 unspecified atom stereocenters. The highest BCUT2D eigenvalue weighted by molar-refractivity contribution is 6.06. The van der Waals surface area contributed by atoms with Crippen molar-refractivity contribution < 1.29 is 0 Å². The van der Waals surface area contributed by atoms with E-state index in [1.165, 1.54) is 11.1 Å². The minimum Gasteiger partial charge on any atom is -0.251 e. The van der Waals surface area contributed by atoms with E-state index in [9.17, 15) is 0 Å². The van der Waals surface area contributed by atoms with Crippen molar-refractivity contribution in [3.63, 3.8) is 0 Å². The third-order valence-electron chi connectivity index (χ3n) is 9.17. The van der Waals surface area contributed by atoms with Gasteiger partial charge < -0.3 is 0 Å². The lowest BCUT2D eigenvalue weighted by Crippen LogP contribution is -2.07. The number of fused-ring (bicyclic) bond motifs is 1. The molecule has 0 amide bonds. The second-order valence-electron chi connectivity index (χ2n) is 12.5. The number of allylic oxidation sites excluding steroid dienone is 9. The molecule has 3 heterocycles. The van der Waals surface area contributed by atoms with E-state index in [1.54, 1.807) is 6.08 Å². The monoisotopic (exact) mass is 638 g/mol. The Bertz CT molecular complexity index is 2210. The largest absolute Gasteiger partial charge is 0.251 e. The molecule has 4 aromatic rings. The van der Waals surface area contributed by atoms with Crippen LogP contribution in [0.3, 0.4) is 0 Å². The number of benzene rings is 2. The van der Waals surface area contributed by atoms with Crippen LogP contribution < -0.4 is 0 Å². The average Bonchev–Trinajstić information content (AvgIpc) is 3.15. The van der Waals surface area contributed by atoms with Gasteiger partial charge in [-0.25, -0.2) is 9.97 Å². The lowest BCUT2D eigenvalue weighted by Gasteiger charge is -2.16. The molecule has 4 heteroatoms. The van der Waals surface area contributed by atoms with Crippen LogP contribution in [-0.2, 0) is 0 Å². The van der Waals surface area contributed by atoms with E-state index < -0.39 is 0 Å². The molecule has 1 aliphatic carbocycles. The number of hydrogen-bond donors (Lipinski definition) is 0. The van der Waals surface area contributed by atoms with Gasteiger partial charge in [-0.15, -0.1) is 6.42 Å². The molecule has 0 atom stereocenters. The minimum atomic E-state index is 0.818. The fourth-order valence-corrected chi connectivity index (χ4v) is 6.36. The molecule has 0 saturated carbocycles. The maximum Gasteiger partial charge on any atom is 0.0968 e. The van der Waals surface area contributed by atoms with Gasteiger partial charge in [0.05, 0.1) is 34.0 Å². The van der Waals surface area contributed by atoms with Gasteiger partial charge in [0.25, 0.3) is 0 Å². The van der Waals surface area contributed by atoms with Crippen molar-refractivity contribution in [2.24, 2.45) is 9.98 Å². The number of aliphatic imine (C=N–C) groups is 2. The summed E-state index contributed by atoms with van der Waals surface area (Å²) in [7, 11) is 0. The predicted octanol–water partition coefficient (Wildman–Crippen LogP) is 11.8. The normalized spacial score (nSPS) is 15.4. The Kier molecular flexibility index (Phi) is 10.2. The zero-order valence-electron chi connectivity index (χ0n) is 28.9. The van der Waals surface area contributed by atoms with E-state index in [-0.39, 0.29) is 0 Å². The maximum atomic E-state index is 5.48. The molecule has 2 aliphatic rings. The quantitative estimate of drug-likeness (QED) is 0.104. The standard InChI is InChI=1S/C45H42N4/c1-7-11-14-32(8-2)39-17-13-18-42(46-39)44-33(9-3)25-27-40(48-44)36-15-12-16-37(29-36)41-28-26-35-24-21-31(6)43(45(35)49-41)47-38(10-4)34-22-19-30(5)20-23-34/h1,8-9,11-12,14-16,18-19,21-22,24-29H,3,10,13,17,20,23H2,2,4-6H3/b14-11-,32-8+,47-38+. The molecule has 2 aromatic carbocycles. The molecule has 49 heavy (non-hydrogen) atoms. The van der Waals surface area contributed by atoms with Crippen molar-refractivity contribution in [1.29, 1.82) is 0 Å². The van der Waals surface area contributed by atoms with Gasteiger partial charge in [-0.05, 0) is 99.9 Å². The van der Waals surface area contributed by atoms with Gasteiger partial charge in [0.15, 0.2) is 0 Å². The molecule has 2 aromatic heterocycles. The smallest absolute Gasteiger partial charge is 0.0968 e. The third-order valence-corrected chi connectivity index (χ3v) is 9.17. The molecule has 0 bridgehead atoms. The Morgan fingerprint density at radius 3 is 2.45 bits per heavy atom. The second kappa shape index (κ2) is 15.0. The first-order valence-electron chi connectivity index (χ1n) is 17.1. The van der Waals surface area contributed by atoms with Gasteiger partial charge in [0.2, 0.25) is 0 Å². The lowest BCUT2D eigenvalue weighted by atomic mass is 9.94. The van der Waals surface area contributed by atoms with Crippen molar-refractivity contribution in [1.82, 2.24) is 9.97 Å². The Labute approximate surface area is 290 Å². The number of rotatable bonds is 9. The second-order valence-corrected chi connectivity index (χ2v) is 12.5. The van der Waals surface area contributed by atoms with Gasteiger partial charge in [0, 0.05) is 33.5 Å². The van der Waals surface area contributed by atoms with Crippen LogP contribution in [0.2, 0.25) is 0 Å². The highest BCUT2D eigenvalue weighted by atomic mass is 14.8. The van der Waals surface area contributed by atoms with E-state index in [2.05, 4.69) is 106 Å².